The lowest BCUT2D eigenvalue weighted by Crippen LogP contribution is -2.16. The monoisotopic (exact) mass is 364 g/mol. The molecular formula is C19H13FN4OS. The van der Waals surface area contributed by atoms with E-state index in [4.69, 9.17) is 0 Å². The Balaban J connectivity index is 1.56. The molecule has 0 bridgehead atoms. The first kappa shape index (κ1) is 16.2. The van der Waals surface area contributed by atoms with Gasteiger partial charge in [-0.05, 0) is 24.3 Å². The molecule has 0 aliphatic heterocycles. The molecule has 4 aromatic rings. The van der Waals surface area contributed by atoms with E-state index >= 15 is 0 Å². The average molecular weight is 364 g/mol. The lowest BCUT2D eigenvalue weighted by Gasteiger charge is -2.07. The first-order chi connectivity index (χ1) is 12.7. The van der Waals surface area contributed by atoms with Crippen LogP contribution in [-0.4, -0.2) is 20.4 Å². The van der Waals surface area contributed by atoms with Crippen molar-refractivity contribution in [3.8, 4) is 16.9 Å². The van der Waals surface area contributed by atoms with Crippen molar-refractivity contribution >= 4 is 22.4 Å². The number of carbonyl (C=O) groups is 1. The van der Waals surface area contributed by atoms with Crippen molar-refractivity contribution < 1.29 is 9.18 Å². The van der Waals surface area contributed by atoms with Crippen LogP contribution in [0.3, 0.4) is 0 Å². The molecule has 1 N–H and O–H groups in total. The highest BCUT2D eigenvalue weighted by Crippen LogP contribution is 2.25. The maximum absolute atomic E-state index is 13.1. The Morgan fingerprint density at radius 2 is 1.85 bits per heavy atom. The number of thiazole rings is 1. The van der Waals surface area contributed by atoms with Gasteiger partial charge in [0.2, 0.25) is 0 Å². The third-order valence-corrected chi connectivity index (χ3v) is 4.53. The van der Waals surface area contributed by atoms with Gasteiger partial charge in [0.05, 0.1) is 18.2 Å². The van der Waals surface area contributed by atoms with E-state index in [1.54, 1.807) is 16.7 Å². The van der Waals surface area contributed by atoms with Crippen LogP contribution >= 0.6 is 11.3 Å². The molecule has 0 atom stereocenters. The van der Waals surface area contributed by atoms with Crippen LogP contribution in [0, 0.1) is 5.82 Å². The molecule has 0 spiro atoms. The number of hydrogen-bond acceptors (Lipinski definition) is 4. The fourth-order valence-electron chi connectivity index (χ4n) is 2.50. The second-order valence-corrected chi connectivity index (χ2v) is 6.34. The van der Waals surface area contributed by atoms with Gasteiger partial charge in [-0.1, -0.05) is 30.3 Å². The predicted octanol–water partition coefficient (Wildman–Crippen LogP) is 4.39. The fraction of sp³-hybridized carbons (Fsp3) is 0. The van der Waals surface area contributed by atoms with E-state index in [-0.39, 0.29) is 11.7 Å². The van der Waals surface area contributed by atoms with Crippen LogP contribution in [0.5, 0.6) is 0 Å². The van der Waals surface area contributed by atoms with Crippen LogP contribution in [-0.2, 0) is 0 Å². The van der Waals surface area contributed by atoms with Gasteiger partial charge in [0, 0.05) is 16.6 Å². The third kappa shape index (κ3) is 3.25. The second-order valence-electron chi connectivity index (χ2n) is 5.48. The van der Waals surface area contributed by atoms with Gasteiger partial charge < -0.3 is 0 Å². The van der Waals surface area contributed by atoms with Gasteiger partial charge >= 0.3 is 0 Å². The first-order valence-electron chi connectivity index (χ1n) is 7.81. The van der Waals surface area contributed by atoms with E-state index in [1.807, 2.05) is 35.7 Å². The highest BCUT2D eigenvalue weighted by Gasteiger charge is 2.15. The van der Waals surface area contributed by atoms with Crippen molar-refractivity contribution in [3.63, 3.8) is 0 Å². The van der Waals surface area contributed by atoms with Crippen molar-refractivity contribution in [2.45, 2.75) is 0 Å². The van der Waals surface area contributed by atoms with Gasteiger partial charge in [-0.3, -0.25) is 14.7 Å². The molecule has 2 aromatic carbocycles. The highest BCUT2D eigenvalue weighted by atomic mass is 32.1. The number of halogens is 1. The summed E-state index contributed by atoms with van der Waals surface area (Å²) in [6.07, 6.45) is 2.98. The predicted molar refractivity (Wildman–Crippen MR) is 99.0 cm³/mol. The number of amides is 1. The molecule has 1 amide bonds. The van der Waals surface area contributed by atoms with E-state index in [0.29, 0.717) is 16.5 Å². The number of nitrogens with zero attached hydrogens (tertiary/aromatic N) is 3. The molecule has 0 aliphatic rings. The molecule has 7 heteroatoms. The van der Waals surface area contributed by atoms with Gasteiger partial charge in [0.1, 0.15) is 11.5 Å². The lowest BCUT2D eigenvalue weighted by molar-refractivity contribution is 0.102. The molecule has 2 heterocycles. The van der Waals surface area contributed by atoms with Gasteiger partial charge in [-0.25, -0.2) is 14.4 Å². The first-order valence-corrected chi connectivity index (χ1v) is 8.69. The zero-order valence-corrected chi connectivity index (χ0v) is 14.3. The summed E-state index contributed by atoms with van der Waals surface area (Å²) >= 11 is 1.35. The molecule has 0 fully saturated rings. The van der Waals surface area contributed by atoms with Crippen molar-refractivity contribution in [2.75, 3.05) is 5.32 Å². The van der Waals surface area contributed by atoms with E-state index in [0.717, 1.165) is 11.3 Å². The van der Waals surface area contributed by atoms with Crippen LogP contribution in [0.2, 0.25) is 0 Å². The molecule has 0 saturated heterocycles. The quantitative estimate of drug-likeness (QED) is 0.584. The van der Waals surface area contributed by atoms with Crippen LogP contribution in [0.25, 0.3) is 16.9 Å². The minimum Gasteiger partial charge on any atom is -0.296 e. The molecule has 4 rings (SSSR count). The summed E-state index contributed by atoms with van der Waals surface area (Å²) in [5, 5.41) is 5.18. The van der Waals surface area contributed by atoms with E-state index in [2.05, 4.69) is 15.3 Å². The van der Waals surface area contributed by atoms with Crippen molar-refractivity contribution in [2.24, 2.45) is 0 Å². The standard InChI is InChI=1S/C19H13FN4OS/c20-14-6-8-15(9-7-14)24-12-21-10-17(24)18(25)23-19-22-16(11-26-19)13-4-2-1-3-5-13/h1-12H,(H,22,23,25). The largest absolute Gasteiger partial charge is 0.296 e. The molecular weight excluding hydrogens is 351 g/mol. The van der Waals surface area contributed by atoms with Crippen molar-refractivity contribution in [3.05, 3.63) is 84.0 Å². The van der Waals surface area contributed by atoms with E-state index < -0.39 is 0 Å². The highest BCUT2D eigenvalue weighted by molar-refractivity contribution is 7.14. The zero-order valence-electron chi connectivity index (χ0n) is 13.5. The minimum absolute atomic E-state index is 0.333. The lowest BCUT2D eigenvalue weighted by atomic mass is 10.2. The maximum atomic E-state index is 13.1. The molecule has 26 heavy (non-hydrogen) atoms. The SMILES string of the molecule is O=C(Nc1nc(-c2ccccc2)cs1)c1cncn1-c1ccc(F)cc1. The molecule has 128 valence electrons. The number of imidazole rings is 1. The third-order valence-electron chi connectivity index (χ3n) is 3.77. The Kier molecular flexibility index (Phi) is 4.28. The van der Waals surface area contributed by atoms with Crippen LogP contribution in [0.15, 0.2) is 72.5 Å². The average Bonchev–Trinajstić information content (AvgIpc) is 3.33. The number of anilines is 1. The summed E-state index contributed by atoms with van der Waals surface area (Å²) in [5.41, 5.74) is 2.78. The van der Waals surface area contributed by atoms with E-state index in [9.17, 15) is 9.18 Å². The molecule has 2 aromatic heterocycles. The molecule has 0 radical (unpaired) electrons. The van der Waals surface area contributed by atoms with Crippen molar-refractivity contribution in [1.29, 1.82) is 0 Å². The van der Waals surface area contributed by atoms with Crippen LogP contribution in [0.4, 0.5) is 9.52 Å². The Morgan fingerprint density at radius 3 is 2.62 bits per heavy atom. The minimum atomic E-state index is -0.337. The molecule has 0 saturated carbocycles. The molecule has 5 nitrogen and oxygen atoms in total. The number of carbonyl (C=O) groups excluding carboxylic acids is 1. The molecule has 0 unspecified atom stereocenters. The Bertz CT molecular complexity index is 1040. The smallest absolute Gasteiger partial charge is 0.276 e. The summed E-state index contributed by atoms with van der Waals surface area (Å²) in [5.74, 6) is -0.670. The number of nitrogens with one attached hydrogen (secondary N) is 1. The zero-order chi connectivity index (χ0) is 17.9. The van der Waals surface area contributed by atoms with Gasteiger partial charge in [-0.15, -0.1) is 11.3 Å². The number of aromatic nitrogens is 3. The Labute approximate surface area is 152 Å². The van der Waals surface area contributed by atoms with Crippen LogP contribution < -0.4 is 5.32 Å². The second kappa shape index (κ2) is 6.89. The number of hydrogen-bond donors (Lipinski definition) is 1. The van der Waals surface area contributed by atoms with Crippen LogP contribution in [0.1, 0.15) is 10.5 Å². The topological polar surface area (TPSA) is 59.8 Å². The fourth-order valence-corrected chi connectivity index (χ4v) is 3.22. The van der Waals surface area contributed by atoms with Gasteiger partial charge in [0.25, 0.3) is 5.91 Å². The van der Waals surface area contributed by atoms with Gasteiger partial charge in [0.15, 0.2) is 5.13 Å². The normalized spacial score (nSPS) is 10.7. The number of rotatable bonds is 4. The van der Waals surface area contributed by atoms with Gasteiger partial charge in [-0.2, -0.15) is 0 Å². The van der Waals surface area contributed by atoms with E-state index in [1.165, 1.54) is 36.0 Å². The Morgan fingerprint density at radius 1 is 1.08 bits per heavy atom. The van der Waals surface area contributed by atoms with Crippen molar-refractivity contribution in [1.82, 2.24) is 14.5 Å². The summed E-state index contributed by atoms with van der Waals surface area (Å²) < 4.78 is 14.7. The summed E-state index contributed by atoms with van der Waals surface area (Å²) in [6, 6.07) is 15.6. The summed E-state index contributed by atoms with van der Waals surface area (Å²) in [4.78, 5) is 21.1. The summed E-state index contributed by atoms with van der Waals surface area (Å²) in [7, 11) is 0. The Hall–Kier alpha value is -3.32. The summed E-state index contributed by atoms with van der Waals surface area (Å²) in [6.45, 7) is 0. The maximum Gasteiger partial charge on any atom is 0.276 e. The number of benzene rings is 2. The molecule has 0 aliphatic carbocycles.